The van der Waals surface area contributed by atoms with Gasteiger partial charge in [0.25, 0.3) is 0 Å². The Bertz CT molecular complexity index is 302. The van der Waals surface area contributed by atoms with Crippen LogP contribution >= 0.6 is 0 Å². The van der Waals surface area contributed by atoms with E-state index in [0.29, 0.717) is 13.0 Å². The van der Waals surface area contributed by atoms with Gasteiger partial charge in [-0.3, -0.25) is 0 Å². The molecule has 0 spiro atoms. The molecule has 6 heteroatoms. The van der Waals surface area contributed by atoms with Gasteiger partial charge >= 0.3 is 6.09 Å². The van der Waals surface area contributed by atoms with E-state index >= 15 is 0 Å². The molecule has 0 saturated carbocycles. The van der Waals surface area contributed by atoms with E-state index in [2.05, 4.69) is 21.6 Å². The summed E-state index contributed by atoms with van der Waals surface area (Å²) in [7, 11) is 0. The Morgan fingerprint density at radius 1 is 1.33 bits per heavy atom. The van der Waals surface area contributed by atoms with Gasteiger partial charge in [0.05, 0.1) is 12.6 Å². The molecule has 1 N–H and O–H groups in total. The molecule has 0 aromatic rings. The minimum atomic E-state index is -0.644. The van der Waals surface area contributed by atoms with Crippen LogP contribution in [-0.2, 0) is 4.74 Å². The molecular formula is C12H22N4O2. The molecule has 0 saturated heterocycles. The van der Waals surface area contributed by atoms with E-state index in [-0.39, 0.29) is 0 Å². The Balaban J connectivity index is 3.43. The van der Waals surface area contributed by atoms with Gasteiger partial charge in [-0.2, -0.15) is 10.4 Å². The lowest BCUT2D eigenvalue weighted by atomic mass is 10.2. The van der Waals surface area contributed by atoms with Crippen LogP contribution < -0.4 is 5.32 Å². The molecule has 0 heterocycles. The van der Waals surface area contributed by atoms with E-state index in [4.69, 9.17) is 10.00 Å². The third kappa shape index (κ3) is 12.6. The van der Waals surface area contributed by atoms with Crippen molar-refractivity contribution in [2.24, 2.45) is 10.2 Å². The van der Waals surface area contributed by atoms with Crippen LogP contribution in [0.4, 0.5) is 4.79 Å². The number of carbonyl (C=O) groups excluding carboxylic acids is 1. The minimum Gasteiger partial charge on any atom is -0.441 e. The summed E-state index contributed by atoms with van der Waals surface area (Å²) in [5.74, 6) is 0. The second kappa shape index (κ2) is 9.54. The Kier molecular flexibility index (Phi) is 8.76. The number of hydrogen-bond donors (Lipinski definition) is 1. The lowest BCUT2D eigenvalue weighted by molar-refractivity contribution is 0.0590. The molecule has 0 radical (unpaired) electrons. The minimum absolute atomic E-state index is 0.513. The highest BCUT2D eigenvalue weighted by Crippen LogP contribution is 2.08. The summed E-state index contributed by atoms with van der Waals surface area (Å²) in [4.78, 5) is 11.1. The number of azo groups is 1. The molecule has 0 atom stereocenters. The highest BCUT2D eigenvalue weighted by Gasteiger charge is 2.15. The van der Waals surface area contributed by atoms with Crippen molar-refractivity contribution in [3.05, 3.63) is 0 Å². The topological polar surface area (TPSA) is 86.8 Å². The second-order valence-electron chi connectivity index (χ2n) is 4.81. The molecule has 0 aliphatic heterocycles. The first kappa shape index (κ1) is 16.5. The quantitative estimate of drug-likeness (QED) is 0.559. The van der Waals surface area contributed by atoms with Crippen molar-refractivity contribution in [2.75, 3.05) is 19.6 Å². The lowest BCUT2D eigenvalue weighted by Gasteiger charge is -2.16. The number of unbranched alkanes of at least 4 members (excludes halogenated alkanes) is 1. The molecule has 0 rings (SSSR count). The van der Waals surface area contributed by atoms with Crippen LogP contribution in [0.25, 0.3) is 0 Å². The highest BCUT2D eigenvalue weighted by atomic mass is 16.6. The van der Waals surface area contributed by atoms with Gasteiger partial charge in [-0.25, -0.2) is 4.79 Å². The normalized spacial score (nSPS) is 11.4. The first-order valence-corrected chi connectivity index (χ1v) is 6.14. The number of nitrogens with one attached hydrogen (secondary N) is 1. The van der Waals surface area contributed by atoms with Crippen LogP contribution in [0.15, 0.2) is 10.2 Å². The third-order valence-electron chi connectivity index (χ3n) is 1.82. The SMILES string of the molecule is CC(C)(C)OC(=O)N=NCCCCNCCC#N. The van der Waals surface area contributed by atoms with E-state index in [9.17, 15) is 4.79 Å². The molecule has 0 bridgehead atoms. The molecule has 102 valence electrons. The molecule has 0 aliphatic carbocycles. The Hall–Kier alpha value is -1.48. The van der Waals surface area contributed by atoms with E-state index in [1.165, 1.54) is 0 Å². The Morgan fingerprint density at radius 3 is 2.67 bits per heavy atom. The van der Waals surface area contributed by atoms with Crippen molar-refractivity contribution in [1.82, 2.24) is 5.32 Å². The lowest BCUT2D eigenvalue weighted by Crippen LogP contribution is -2.21. The molecule has 18 heavy (non-hydrogen) atoms. The Morgan fingerprint density at radius 2 is 2.06 bits per heavy atom. The van der Waals surface area contributed by atoms with Gasteiger partial charge in [0.1, 0.15) is 5.60 Å². The van der Waals surface area contributed by atoms with Crippen molar-refractivity contribution >= 4 is 6.09 Å². The monoisotopic (exact) mass is 254 g/mol. The fourth-order valence-corrected chi connectivity index (χ4v) is 1.09. The Labute approximate surface area is 108 Å². The summed E-state index contributed by atoms with van der Waals surface area (Å²) in [6, 6.07) is 2.06. The number of rotatable bonds is 7. The van der Waals surface area contributed by atoms with Crippen LogP contribution in [0.2, 0.25) is 0 Å². The van der Waals surface area contributed by atoms with Gasteiger partial charge in [0.15, 0.2) is 0 Å². The summed E-state index contributed by atoms with van der Waals surface area (Å²) >= 11 is 0. The second-order valence-corrected chi connectivity index (χ2v) is 4.81. The van der Waals surface area contributed by atoms with Gasteiger partial charge in [0, 0.05) is 13.0 Å². The van der Waals surface area contributed by atoms with Gasteiger partial charge in [-0.05, 0) is 40.2 Å². The van der Waals surface area contributed by atoms with Crippen molar-refractivity contribution in [3.8, 4) is 6.07 Å². The van der Waals surface area contributed by atoms with Crippen molar-refractivity contribution in [1.29, 1.82) is 5.26 Å². The average Bonchev–Trinajstić information content (AvgIpc) is 2.24. The number of hydrogen-bond acceptors (Lipinski definition) is 5. The highest BCUT2D eigenvalue weighted by molar-refractivity contribution is 5.67. The molecular weight excluding hydrogens is 232 g/mol. The summed E-state index contributed by atoms with van der Waals surface area (Å²) in [6.07, 6.45) is 1.68. The van der Waals surface area contributed by atoms with Crippen LogP contribution in [0.3, 0.4) is 0 Å². The molecule has 0 fully saturated rings. The van der Waals surface area contributed by atoms with Crippen LogP contribution in [0.1, 0.15) is 40.0 Å². The van der Waals surface area contributed by atoms with Crippen molar-refractivity contribution in [2.45, 2.75) is 45.6 Å². The number of nitriles is 1. The summed E-state index contributed by atoms with van der Waals surface area (Å²) in [5.41, 5.74) is -0.527. The molecule has 6 nitrogen and oxygen atoms in total. The van der Waals surface area contributed by atoms with Gasteiger partial charge in [-0.1, -0.05) is 5.11 Å². The first-order valence-electron chi connectivity index (χ1n) is 6.14. The van der Waals surface area contributed by atoms with E-state index in [1.54, 1.807) is 20.8 Å². The number of carbonyl (C=O) groups is 1. The number of ether oxygens (including phenoxy) is 1. The van der Waals surface area contributed by atoms with Crippen molar-refractivity contribution in [3.63, 3.8) is 0 Å². The average molecular weight is 254 g/mol. The smallest absolute Gasteiger partial charge is 0.441 e. The zero-order chi connectivity index (χ0) is 13.9. The number of nitrogens with zero attached hydrogens (tertiary/aromatic N) is 3. The zero-order valence-electron chi connectivity index (χ0n) is 11.4. The van der Waals surface area contributed by atoms with E-state index < -0.39 is 11.7 Å². The van der Waals surface area contributed by atoms with Gasteiger partial charge < -0.3 is 10.1 Å². The molecule has 0 unspecified atom stereocenters. The summed E-state index contributed by atoms with van der Waals surface area (Å²) in [6.45, 7) is 7.44. The van der Waals surface area contributed by atoms with Gasteiger partial charge in [0.2, 0.25) is 0 Å². The molecule has 0 aromatic heterocycles. The van der Waals surface area contributed by atoms with E-state index in [0.717, 1.165) is 25.9 Å². The van der Waals surface area contributed by atoms with Crippen LogP contribution in [-0.4, -0.2) is 31.3 Å². The summed E-state index contributed by atoms with van der Waals surface area (Å²) in [5, 5.41) is 18.7. The van der Waals surface area contributed by atoms with Crippen LogP contribution in [0.5, 0.6) is 0 Å². The molecule has 0 aliphatic rings. The van der Waals surface area contributed by atoms with Crippen LogP contribution in [0, 0.1) is 11.3 Å². The van der Waals surface area contributed by atoms with E-state index in [1.807, 2.05) is 0 Å². The maximum atomic E-state index is 11.1. The van der Waals surface area contributed by atoms with Crippen molar-refractivity contribution < 1.29 is 9.53 Å². The molecule has 1 amide bonds. The maximum Gasteiger partial charge on any atom is 0.452 e. The first-order chi connectivity index (χ1) is 8.45. The predicted octanol–water partition coefficient (Wildman–Crippen LogP) is 2.66. The molecule has 0 aromatic carbocycles. The largest absolute Gasteiger partial charge is 0.452 e. The fourth-order valence-electron chi connectivity index (χ4n) is 1.09. The maximum absolute atomic E-state index is 11.1. The standard InChI is InChI=1S/C12H22N4O2/c1-12(2,3)18-11(17)16-15-10-5-4-8-14-9-6-7-13/h14H,4-6,8-10H2,1-3H3. The summed E-state index contributed by atoms with van der Waals surface area (Å²) < 4.78 is 4.97. The fraction of sp³-hybridized carbons (Fsp3) is 0.833. The predicted molar refractivity (Wildman–Crippen MR) is 68.3 cm³/mol. The third-order valence-corrected chi connectivity index (χ3v) is 1.82. The number of amides is 1. The van der Waals surface area contributed by atoms with Gasteiger partial charge in [-0.15, -0.1) is 0 Å². The zero-order valence-corrected chi connectivity index (χ0v) is 11.4.